The molecule has 0 radical (unpaired) electrons. The highest BCUT2D eigenvalue weighted by atomic mass is 16.5. The Bertz CT molecular complexity index is 1460. The number of aromatic nitrogens is 5. The van der Waals surface area contributed by atoms with Crippen LogP contribution < -0.4 is 10.6 Å². The van der Waals surface area contributed by atoms with E-state index < -0.39 is 11.4 Å². The van der Waals surface area contributed by atoms with E-state index in [-0.39, 0.29) is 35.6 Å². The third-order valence-corrected chi connectivity index (χ3v) is 9.53. The molecule has 0 aromatic carbocycles. The Hall–Kier alpha value is -3.76. The zero-order valence-electron chi connectivity index (χ0n) is 24.1. The van der Waals surface area contributed by atoms with E-state index in [9.17, 15) is 14.4 Å². The third kappa shape index (κ3) is 5.10. The van der Waals surface area contributed by atoms with Gasteiger partial charge in [-0.1, -0.05) is 19.8 Å². The van der Waals surface area contributed by atoms with Crippen LogP contribution in [0.5, 0.6) is 0 Å². The van der Waals surface area contributed by atoms with Crippen molar-refractivity contribution in [1.29, 1.82) is 0 Å². The van der Waals surface area contributed by atoms with Crippen molar-refractivity contribution in [3.05, 3.63) is 47.7 Å². The summed E-state index contributed by atoms with van der Waals surface area (Å²) in [5.41, 5.74) is 1.21. The quantitative estimate of drug-likeness (QED) is 0.319. The molecule has 6 rings (SSSR count). The van der Waals surface area contributed by atoms with Crippen molar-refractivity contribution in [2.24, 2.45) is 22.7 Å². The van der Waals surface area contributed by atoms with E-state index in [1.54, 1.807) is 21.5 Å². The largest absolute Gasteiger partial charge is 0.468 e. The number of nitrogens with one attached hydrogen (secondary N) is 2. The number of rotatable bonds is 8. The number of ether oxygens (including phenoxy) is 1. The van der Waals surface area contributed by atoms with E-state index in [1.165, 1.54) is 7.11 Å². The summed E-state index contributed by atoms with van der Waals surface area (Å²) in [4.78, 5) is 44.4. The molecule has 2 atom stereocenters. The van der Waals surface area contributed by atoms with Crippen LogP contribution in [0.1, 0.15) is 86.7 Å². The number of hydrogen-bond donors (Lipinski definition) is 2. The summed E-state index contributed by atoms with van der Waals surface area (Å²) in [5.74, 6) is -0.0642. The van der Waals surface area contributed by atoms with Crippen LogP contribution in [0.25, 0.3) is 5.65 Å². The lowest BCUT2D eigenvalue weighted by Gasteiger charge is -2.37. The maximum atomic E-state index is 13.4. The second kappa shape index (κ2) is 10.6. The Morgan fingerprint density at radius 1 is 1.20 bits per heavy atom. The second-order valence-corrected chi connectivity index (χ2v) is 12.4. The van der Waals surface area contributed by atoms with E-state index in [0.717, 1.165) is 44.2 Å². The van der Waals surface area contributed by atoms with Crippen molar-refractivity contribution >= 4 is 23.4 Å². The number of aryl methyl sites for hydroxylation is 1. The number of amides is 2. The molecule has 11 nitrogen and oxygen atoms in total. The SMILES string of the molecule is CCn1nccc1C(=O)NC(c1cn2nc(CC3(C(=O)OC)CC4(CC4)CNC3=O)ccc2n1)C1CCC(C)CC1. The summed E-state index contributed by atoms with van der Waals surface area (Å²) < 4.78 is 8.54. The summed E-state index contributed by atoms with van der Waals surface area (Å²) in [7, 11) is 1.33. The van der Waals surface area contributed by atoms with Gasteiger partial charge in [0.05, 0.1) is 30.7 Å². The molecule has 3 fully saturated rings. The molecule has 0 bridgehead atoms. The molecule has 2 unspecified atom stereocenters. The van der Waals surface area contributed by atoms with Crippen LogP contribution in [0.2, 0.25) is 0 Å². The predicted molar refractivity (Wildman–Crippen MR) is 150 cm³/mol. The van der Waals surface area contributed by atoms with Gasteiger partial charge in [0.15, 0.2) is 11.1 Å². The van der Waals surface area contributed by atoms with Gasteiger partial charge < -0.3 is 15.4 Å². The highest BCUT2D eigenvalue weighted by Gasteiger charge is 2.60. The molecular weight excluding hydrogens is 522 g/mol. The zero-order valence-corrected chi connectivity index (χ0v) is 24.1. The average molecular weight is 562 g/mol. The Kier molecular flexibility index (Phi) is 7.07. The summed E-state index contributed by atoms with van der Waals surface area (Å²) in [6.45, 7) is 5.45. The summed E-state index contributed by atoms with van der Waals surface area (Å²) in [6.07, 6.45) is 10.4. The molecule has 41 heavy (non-hydrogen) atoms. The molecule has 218 valence electrons. The lowest BCUT2D eigenvalue weighted by atomic mass is 9.71. The minimum Gasteiger partial charge on any atom is -0.468 e. The first-order valence-corrected chi connectivity index (χ1v) is 14.8. The van der Waals surface area contributed by atoms with Crippen LogP contribution in [0.3, 0.4) is 0 Å². The fraction of sp³-hybridized carbons (Fsp3) is 0.600. The summed E-state index contributed by atoms with van der Waals surface area (Å²) >= 11 is 0. The minimum atomic E-state index is -1.30. The molecule has 4 heterocycles. The third-order valence-electron chi connectivity index (χ3n) is 9.53. The molecule has 1 aliphatic heterocycles. The molecular formula is C30H39N7O4. The van der Waals surface area contributed by atoms with Crippen molar-refractivity contribution in [2.75, 3.05) is 13.7 Å². The van der Waals surface area contributed by atoms with Crippen molar-refractivity contribution in [3.8, 4) is 0 Å². The molecule has 2 aliphatic carbocycles. The van der Waals surface area contributed by atoms with Gasteiger partial charge in [-0.05, 0) is 74.5 Å². The van der Waals surface area contributed by atoms with Gasteiger partial charge >= 0.3 is 5.97 Å². The van der Waals surface area contributed by atoms with E-state index in [4.69, 9.17) is 14.8 Å². The molecule has 11 heteroatoms. The molecule has 2 amide bonds. The molecule has 3 aromatic heterocycles. The smallest absolute Gasteiger partial charge is 0.321 e. The molecule has 2 saturated carbocycles. The first-order chi connectivity index (χ1) is 19.8. The lowest BCUT2D eigenvalue weighted by molar-refractivity contribution is -0.163. The Morgan fingerprint density at radius 3 is 2.68 bits per heavy atom. The predicted octanol–water partition coefficient (Wildman–Crippen LogP) is 3.25. The second-order valence-electron chi connectivity index (χ2n) is 12.4. The van der Waals surface area contributed by atoms with Gasteiger partial charge in [-0.25, -0.2) is 9.50 Å². The van der Waals surface area contributed by atoms with Crippen LogP contribution in [-0.2, 0) is 27.3 Å². The van der Waals surface area contributed by atoms with Crippen LogP contribution in [-0.4, -0.2) is 55.8 Å². The number of esters is 1. The number of imidazole rings is 1. The Labute approximate surface area is 239 Å². The maximum Gasteiger partial charge on any atom is 0.321 e. The average Bonchev–Trinajstić information content (AvgIpc) is 3.34. The van der Waals surface area contributed by atoms with E-state index >= 15 is 0 Å². The monoisotopic (exact) mass is 561 g/mol. The molecule has 3 aromatic rings. The first kappa shape index (κ1) is 27.4. The normalized spacial score (nSPS) is 26.0. The number of fused-ring (bicyclic) bond motifs is 1. The van der Waals surface area contributed by atoms with E-state index in [0.29, 0.717) is 42.5 Å². The van der Waals surface area contributed by atoms with Crippen LogP contribution >= 0.6 is 0 Å². The Morgan fingerprint density at radius 2 is 1.98 bits per heavy atom. The zero-order chi connectivity index (χ0) is 28.8. The van der Waals surface area contributed by atoms with Gasteiger partial charge in [0, 0.05) is 25.7 Å². The van der Waals surface area contributed by atoms with Crippen LogP contribution in [0.15, 0.2) is 30.6 Å². The number of nitrogens with zero attached hydrogens (tertiary/aromatic N) is 5. The Balaban J connectivity index is 1.30. The van der Waals surface area contributed by atoms with Gasteiger partial charge in [-0.2, -0.15) is 10.2 Å². The maximum absolute atomic E-state index is 13.4. The standard InChI is InChI=1S/C30H39N7O4/c1-4-36-23(11-14-32-36)26(38)34-25(20-7-5-19(2)6-8-20)22-16-37-24(33-22)10-9-21(35-37)15-30(28(40)41-3)17-29(12-13-29)18-31-27(30)39/h9-11,14,16,19-20,25H,4-8,12-13,15,17-18H2,1-3H3,(H,31,39)(H,34,38). The minimum absolute atomic E-state index is 0.0234. The van der Waals surface area contributed by atoms with E-state index in [2.05, 4.69) is 22.7 Å². The van der Waals surface area contributed by atoms with Gasteiger partial charge in [-0.15, -0.1) is 0 Å². The fourth-order valence-corrected chi connectivity index (χ4v) is 6.86. The number of hydrogen-bond acceptors (Lipinski definition) is 7. The number of piperidine rings is 1. The van der Waals surface area contributed by atoms with Crippen molar-refractivity contribution < 1.29 is 19.1 Å². The molecule has 1 saturated heterocycles. The van der Waals surface area contributed by atoms with E-state index in [1.807, 2.05) is 25.3 Å². The highest BCUT2D eigenvalue weighted by molar-refractivity contribution is 6.03. The number of carbonyl (C=O) groups excluding carboxylic acids is 3. The van der Waals surface area contributed by atoms with Crippen LogP contribution in [0, 0.1) is 22.7 Å². The molecule has 2 N–H and O–H groups in total. The number of carbonyl (C=O) groups is 3. The van der Waals surface area contributed by atoms with Crippen LogP contribution in [0.4, 0.5) is 0 Å². The summed E-state index contributed by atoms with van der Waals surface area (Å²) in [6, 6.07) is 5.15. The van der Waals surface area contributed by atoms with Crippen molar-refractivity contribution in [2.45, 2.75) is 77.8 Å². The summed E-state index contributed by atoms with van der Waals surface area (Å²) in [5, 5.41) is 15.3. The first-order valence-electron chi connectivity index (χ1n) is 14.8. The van der Waals surface area contributed by atoms with Gasteiger partial charge in [0.1, 0.15) is 5.69 Å². The topological polar surface area (TPSA) is 133 Å². The van der Waals surface area contributed by atoms with Crippen molar-refractivity contribution in [1.82, 2.24) is 35.0 Å². The van der Waals surface area contributed by atoms with Gasteiger partial charge in [0.25, 0.3) is 5.91 Å². The number of methoxy groups -OCH3 is 1. The fourth-order valence-electron chi connectivity index (χ4n) is 6.86. The molecule has 3 aliphatic rings. The van der Waals surface area contributed by atoms with Gasteiger partial charge in [-0.3, -0.25) is 19.1 Å². The molecule has 1 spiro atoms. The van der Waals surface area contributed by atoms with Crippen molar-refractivity contribution in [3.63, 3.8) is 0 Å². The lowest BCUT2D eigenvalue weighted by Crippen LogP contribution is -2.56. The van der Waals surface area contributed by atoms with Gasteiger partial charge in [0.2, 0.25) is 5.91 Å². The highest BCUT2D eigenvalue weighted by Crippen LogP contribution is 2.56.